The van der Waals surface area contributed by atoms with E-state index in [1.165, 1.54) is 12.8 Å². The van der Waals surface area contributed by atoms with E-state index in [-0.39, 0.29) is 12.7 Å². The van der Waals surface area contributed by atoms with Gasteiger partial charge < -0.3 is 0 Å². The zero-order valence-corrected chi connectivity index (χ0v) is 8.39. The van der Waals surface area contributed by atoms with Gasteiger partial charge in [0, 0.05) is 12.1 Å². The largest absolute Gasteiger partial charge is 0.298 e. The van der Waals surface area contributed by atoms with Crippen LogP contribution in [-0.4, -0.2) is 30.7 Å². The van der Waals surface area contributed by atoms with Crippen molar-refractivity contribution in [1.29, 1.82) is 0 Å². The molecular weight excluding hydrogens is 153 g/mol. The number of hydrogen-bond acceptors (Lipinski definition) is 1. The Kier molecular flexibility index (Phi) is 3.51. The highest BCUT2D eigenvalue weighted by atomic mass is 19.1. The average Bonchev–Trinajstić information content (AvgIpc) is 2.32. The summed E-state index contributed by atoms with van der Waals surface area (Å²) in [5.74, 6) is 0.732. The van der Waals surface area contributed by atoms with Crippen molar-refractivity contribution in [3.8, 4) is 0 Å². The summed E-state index contributed by atoms with van der Waals surface area (Å²) in [6.45, 7) is 4.29. The molecule has 0 radical (unpaired) electrons. The topological polar surface area (TPSA) is 3.24 Å². The maximum absolute atomic E-state index is 12.4. The minimum absolute atomic E-state index is 0.176. The van der Waals surface area contributed by atoms with Crippen LogP contribution in [-0.2, 0) is 0 Å². The third-order valence-corrected chi connectivity index (χ3v) is 2.91. The molecule has 2 atom stereocenters. The van der Waals surface area contributed by atoms with Crippen LogP contribution in [0.15, 0.2) is 0 Å². The molecule has 0 saturated carbocycles. The molecule has 0 aliphatic carbocycles. The third-order valence-electron chi connectivity index (χ3n) is 2.91. The number of likely N-dealkylation sites (tertiary alicyclic amines) is 1. The summed E-state index contributed by atoms with van der Waals surface area (Å²) in [5.41, 5.74) is 0. The molecule has 0 aromatic rings. The molecule has 1 rings (SSSR count). The van der Waals surface area contributed by atoms with Crippen molar-refractivity contribution in [1.82, 2.24) is 4.90 Å². The van der Waals surface area contributed by atoms with E-state index in [1.807, 2.05) is 0 Å². The lowest BCUT2D eigenvalue weighted by Gasteiger charge is -2.25. The predicted molar refractivity (Wildman–Crippen MR) is 50.0 cm³/mol. The van der Waals surface area contributed by atoms with Crippen LogP contribution in [0.25, 0.3) is 0 Å². The van der Waals surface area contributed by atoms with Gasteiger partial charge in [0.05, 0.1) is 0 Å². The van der Waals surface area contributed by atoms with Crippen molar-refractivity contribution in [3.05, 3.63) is 0 Å². The first kappa shape index (κ1) is 9.97. The van der Waals surface area contributed by atoms with Gasteiger partial charge in [0.25, 0.3) is 0 Å². The molecule has 0 spiro atoms. The second-order valence-electron chi connectivity index (χ2n) is 4.33. The zero-order chi connectivity index (χ0) is 9.14. The summed E-state index contributed by atoms with van der Waals surface area (Å²) < 4.78 is 12.4. The van der Waals surface area contributed by atoms with Crippen LogP contribution in [0.3, 0.4) is 0 Å². The summed E-state index contributed by atoms with van der Waals surface area (Å²) in [7, 11) is 2.06. The number of halogens is 1. The first-order valence-corrected chi connectivity index (χ1v) is 4.93. The lowest BCUT2D eigenvalue weighted by molar-refractivity contribution is 0.190. The van der Waals surface area contributed by atoms with E-state index >= 15 is 0 Å². The van der Waals surface area contributed by atoms with Crippen molar-refractivity contribution in [3.63, 3.8) is 0 Å². The average molecular weight is 173 g/mol. The van der Waals surface area contributed by atoms with Crippen LogP contribution in [0, 0.1) is 5.92 Å². The van der Waals surface area contributed by atoms with Crippen molar-refractivity contribution in [2.75, 3.05) is 13.7 Å². The fourth-order valence-electron chi connectivity index (χ4n) is 2.10. The molecular formula is C10H20FN. The van der Waals surface area contributed by atoms with E-state index in [2.05, 4.69) is 25.8 Å². The highest BCUT2D eigenvalue weighted by Gasteiger charge is 2.30. The molecule has 0 aromatic carbocycles. The number of alkyl halides is 1. The smallest absolute Gasteiger partial charge is 0.105 e. The van der Waals surface area contributed by atoms with E-state index in [0.29, 0.717) is 6.04 Å². The fraction of sp³-hybridized carbons (Fsp3) is 1.00. The van der Waals surface area contributed by atoms with Crippen LogP contribution < -0.4 is 0 Å². The molecule has 12 heavy (non-hydrogen) atoms. The van der Waals surface area contributed by atoms with Gasteiger partial charge in [-0.3, -0.25) is 4.90 Å². The van der Waals surface area contributed by atoms with Crippen molar-refractivity contribution < 1.29 is 4.39 Å². The Hall–Kier alpha value is -0.110. The normalized spacial score (nSPS) is 31.8. The summed E-state index contributed by atoms with van der Waals surface area (Å²) in [4.78, 5) is 2.22. The minimum atomic E-state index is -0.176. The molecule has 1 aliphatic heterocycles. The highest BCUT2D eigenvalue weighted by molar-refractivity contribution is 4.85. The summed E-state index contributed by atoms with van der Waals surface area (Å²) in [6.07, 6.45) is 3.45. The van der Waals surface area contributed by atoms with Gasteiger partial charge in [-0.05, 0) is 32.2 Å². The molecule has 1 nitrogen and oxygen atoms in total. The van der Waals surface area contributed by atoms with Crippen LogP contribution in [0.4, 0.5) is 4.39 Å². The van der Waals surface area contributed by atoms with Crippen LogP contribution in [0.5, 0.6) is 0 Å². The predicted octanol–water partition coefficient (Wildman–Crippen LogP) is 2.46. The second-order valence-corrected chi connectivity index (χ2v) is 4.33. The molecule has 0 amide bonds. The standard InChI is InChI=1S/C10H20FN/c1-8(2)6-9-4-5-10(7-11)12(9)3/h8-10H,4-7H2,1-3H3. The quantitative estimate of drug-likeness (QED) is 0.633. The van der Waals surface area contributed by atoms with Gasteiger partial charge in [-0.2, -0.15) is 0 Å². The van der Waals surface area contributed by atoms with Gasteiger partial charge >= 0.3 is 0 Å². The van der Waals surface area contributed by atoms with Gasteiger partial charge in [0.15, 0.2) is 0 Å². The molecule has 1 aliphatic rings. The minimum Gasteiger partial charge on any atom is -0.298 e. The molecule has 0 aromatic heterocycles. The lowest BCUT2D eigenvalue weighted by Crippen LogP contribution is -2.34. The first-order chi connectivity index (χ1) is 5.65. The van der Waals surface area contributed by atoms with Crippen LogP contribution in [0.2, 0.25) is 0 Å². The Labute approximate surface area is 74.9 Å². The summed E-state index contributed by atoms with van der Waals surface area (Å²) in [5, 5.41) is 0. The van der Waals surface area contributed by atoms with Crippen LogP contribution >= 0.6 is 0 Å². The molecule has 1 fully saturated rings. The second kappa shape index (κ2) is 4.22. The maximum Gasteiger partial charge on any atom is 0.105 e. The van der Waals surface area contributed by atoms with Gasteiger partial charge in [-0.15, -0.1) is 0 Å². The molecule has 0 N–H and O–H groups in total. The van der Waals surface area contributed by atoms with E-state index in [0.717, 1.165) is 12.3 Å². The van der Waals surface area contributed by atoms with Gasteiger partial charge in [0.1, 0.15) is 6.67 Å². The third kappa shape index (κ3) is 2.19. The van der Waals surface area contributed by atoms with Gasteiger partial charge in [-0.25, -0.2) is 4.39 Å². The first-order valence-electron chi connectivity index (χ1n) is 4.93. The Morgan fingerprint density at radius 3 is 2.33 bits per heavy atom. The molecule has 1 saturated heterocycles. The molecule has 2 heteroatoms. The molecule has 72 valence electrons. The molecule has 2 unspecified atom stereocenters. The number of rotatable bonds is 3. The van der Waals surface area contributed by atoms with Gasteiger partial charge in [-0.1, -0.05) is 13.8 Å². The van der Waals surface area contributed by atoms with E-state index in [9.17, 15) is 4.39 Å². The maximum atomic E-state index is 12.4. The number of hydrogen-bond donors (Lipinski definition) is 0. The fourth-order valence-corrected chi connectivity index (χ4v) is 2.10. The van der Waals surface area contributed by atoms with Crippen LogP contribution in [0.1, 0.15) is 33.1 Å². The van der Waals surface area contributed by atoms with Crippen molar-refractivity contribution >= 4 is 0 Å². The highest BCUT2D eigenvalue weighted by Crippen LogP contribution is 2.26. The van der Waals surface area contributed by atoms with E-state index in [1.54, 1.807) is 0 Å². The van der Waals surface area contributed by atoms with Crippen molar-refractivity contribution in [2.24, 2.45) is 5.92 Å². The summed E-state index contributed by atoms with van der Waals surface area (Å²) in [6, 6.07) is 0.833. The zero-order valence-electron chi connectivity index (χ0n) is 8.39. The lowest BCUT2D eigenvalue weighted by atomic mass is 10.0. The van der Waals surface area contributed by atoms with Gasteiger partial charge in [0.2, 0.25) is 0 Å². The molecule has 1 heterocycles. The molecule has 0 bridgehead atoms. The Bertz CT molecular complexity index is 136. The van der Waals surface area contributed by atoms with E-state index in [4.69, 9.17) is 0 Å². The Morgan fingerprint density at radius 1 is 1.33 bits per heavy atom. The monoisotopic (exact) mass is 173 g/mol. The Morgan fingerprint density at radius 2 is 1.92 bits per heavy atom. The van der Waals surface area contributed by atoms with Crippen molar-refractivity contribution in [2.45, 2.75) is 45.2 Å². The summed E-state index contributed by atoms with van der Waals surface area (Å²) >= 11 is 0. The van der Waals surface area contributed by atoms with E-state index < -0.39 is 0 Å². The number of nitrogens with zero attached hydrogens (tertiary/aromatic N) is 1. The SMILES string of the molecule is CC(C)CC1CCC(CF)N1C. The Balaban J connectivity index is 2.38.